The van der Waals surface area contributed by atoms with Gasteiger partial charge in [0.1, 0.15) is 0 Å². The van der Waals surface area contributed by atoms with E-state index in [1.54, 1.807) is 0 Å². The fourth-order valence-electron chi connectivity index (χ4n) is 4.29. The molecule has 132 valence electrons. The molecule has 0 radical (unpaired) electrons. The Bertz CT molecular complexity index is 835. The van der Waals surface area contributed by atoms with Gasteiger partial charge in [0.15, 0.2) is 0 Å². The lowest BCUT2D eigenvalue weighted by Gasteiger charge is -2.41. The number of aromatic nitrogens is 1. The first-order valence-corrected chi connectivity index (χ1v) is 9.47. The molecule has 2 aromatic rings. The van der Waals surface area contributed by atoms with Crippen molar-refractivity contribution in [1.82, 2.24) is 15.2 Å². The zero-order valence-corrected chi connectivity index (χ0v) is 15.3. The van der Waals surface area contributed by atoms with E-state index in [4.69, 9.17) is 0 Å². The fraction of sp³-hybridized carbons (Fsp3) is 0.476. The van der Waals surface area contributed by atoms with E-state index in [-0.39, 0.29) is 17.9 Å². The van der Waals surface area contributed by atoms with Gasteiger partial charge in [0.05, 0.1) is 5.92 Å². The Morgan fingerprint density at radius 3 is 3.00 bits per heavy atom. The molecule has 1 aromatic heterocycles. The molecule has 4 heteroatoms. The summed E-state index contributed by atoms with van der Waals surface area (Å²) >= 11 is 0. The van der Waals surface area contributed by atoms with Crippen LogP contribution in [0, 0.1) is 5.92 Å². The van der Waals surface area contributed by atoms with Gasteiger partial charge in [0, 0.05) is 35.7 Å². The van der Waals surface area contributed by atoms with Crippen LogP contribution in [0.3, 0.4) is 0 Å². The zero-order chi connectivity index (χ0) is 17.6. The molecule has 4 nitrogen and oxygen atoms in total. The SMILES string of the molecule is CCC(C)NC(=O)[C@@H]1C=C2c3cccc4[nH]cc(c34)C[C@H]2N(CC)C1. The quantitative estimate of drug-likeness (QED) is 0.899. The van der Waals surface area contributed by atoms with Crippen LogP contribution in [0.4, 0.5) is 0 Å². The summed E-state index contributed by atoms with van der Waals surface area (Å²) in [6, 6.07) is 7.06. The van der Waals surface area contributed by atoms with E-state index in [1.807, 2.05) is 0 Å². The van der Waals surface area contributed by atoms with Crippen LogP contribution in [-0.2, 0) is 11.2 Å². The minimum absolute atomic E-state index is 0.0732. The summed E-state index contributed by atoms with van der Waals surface area (Å²) in [6.07, 6.45) is 6.37. The summed E-state index contributed by atoms with van der Waals surface area (Å²) < 4.78 is 0. The maximum Gasteiger partial charge on any atom is 0.228 e. The van der Waals surface area contributed by atoms with E-state index in [9.17, 15) is 4.79 Å². The molecule has 0 spiro atoms. The first kappa shape index (κ1) is 16.4. The number of nitrogens with zero attached hydrogens (tertiary/aromatic N) is 1. The molecule has 2 N–H and O–H groups in total. The summed E-state index contributed by atoms with van der Waals surface area (Å²) in [7, 11) is 0. The van der Waals surface area contributed by atoms with E-state index in [0.717, 1.165) is 25.9 Å². The van der Waals surface area contributed by atoms with Crippen LogP contribution in [0.2, 0.25) is 0 Å². The average molecular weight is 337 g/mol. The Hall–Kier alpha value is -2.07. The van der Waals surface area contributed by atoms with Crippen LogP contribution in [0.5, 0.6) is 0 Å². The highest BCUT2D eigenvalue weighted by molar-refractivity contribution is 5.99. The number of aromatic amines is 1. The van der Waals surface area contributed by atoms with Crippen molar-refractivity contribution in [3.05, 3.63) is 41.6 Å². The van der Waals surface area contributed by atoms with E-state index in [2.05, 4.69) is 66.4 Å². The third-order valence-electron chi connectivity index (χ3n) is 5.87. The van der Waals surface area contributed by atoms with Crippen molar-refractivity contribution < 1.29 is 4.79 Å². The number of benzene rings is 1. The third-order valence-corrected chi connectivity index (χ3v) is 5.87. The summed E-state index contributed by atoms with van der Waals surface area (Å²) in [5.41, 5.74) is 5.22. The number of amides is 1. The predicted octanol–water partition coefficient (Wildman–Crippen LogP) is 3.34. The minimum Gasteiger partial charge on any atom is -0.361 e. The number of hydrogen-bond donors (Lipinski definition) is 2. The zero-order valence-electron chi connectivity index (χ0n) is 15.3. The third kappa shape index (κ3) is 2.69. The van der Waals surface area contributed by atoms with Crippen LogP contribution < -0.4 is 5.32 Å². The van der Waals surface area contributed by atoms with Gasteiger partial charge >= 0.3 is 0 Å². The molecule has 1 unspecified atom stereocenters. The molecular formula is C21H27N3O. The van der Waals surface area contributed by atoms with Crippen molar-refractivity contribution in [2.24, 2.45) is 5.92 Å². The topological polar surface area (TPSA) is 48.1 Å². The number of hydrogen-bond acceptors (Lipinski definition) is 2. The van der Waals surface area contributed by atoms with Gasteiger partial charge in [0.2, 0.25) is 5.91 Å². The van der Waals surface area contributed by atoms with Crippen molar-refractivity contribution in [2.45, 2.75) is 45.7 Å². The molecule has 1 amide bonds. The molecule has 0 saturated carbocycles. The standard InChI is InChI=1S/C21H27N3O/c1-4-13(3)23-21(25)15-9-17-16-7-6-8-18-20(16)14(11-22-18)10-19(17)24(5-2)12-15/h6-9,11,13,15,19,22H,4-5,10,12H2,1-3H3,(H,23,25)/t13?,15-,19-/m1/s1. The normalized spacial score (nSPS) is 23.9. The molecule has 1 aromatic carbocycles. The van der Waals surface area contributed by atoms with Gasteiger partial charge in [-0.2, -0.15) is 0 Å². The molecule has 3 atom stereocenters. The van der Waals surface area contributed by atoms with Crippen LogP contribution in [0.25, 0.3) is 16.5 Å². The van der Waals surface area contributed by atoms with Crippen molar-refractivity contribution >= 4 is 22.4 Å². The van der Waals surface area contributed by atoms with Crippen molar-refractivity contribution in [1.29, 1.82) is 0 Å². The van der Waals surface area contributed by atoms with Crippen LogP contribution in [0.1, 0.15) is 38.3 Å². The highest BCUT2D eigenvalue weighted by atomic mass is 16.2. The van der Waals surface area contributed by atoms with Crippen molar-refractivity contribution in [2.75, 3.05) is 13.1 Å². The van der Waals surface area contributed by atoms with Gasteiger partial charge in [-0.05, 0) is 49.1 Å². The maximum atomic E-state index is 12.8. The average Bonchev–Trinajstić information content (AvgIpc) is 3.05. The Balaban J connectivity index is 1.76. The number of fused-ring (bicyclic) bond motifs is 2. The highest BCUT2D eigenvalue weighted by Crippen LogP contribution is 2.41. The fourth-order valence-corrected chi connectivity index (χ4v) is 4.29. The molecule has 2 aliphatic rings. The number of nitrogens with one attached hydrogen (secondary N) is 2. The second-order valence-corrected chi connectivity index (χ2v) is 7.40. The smallest absolute Gasteiger partial charge is 0.228 e. The van der Waals surface area contributed by atoms with Gasteiger partial charge in [-0.3, -0.25) is 9.69 Å². The number of carbonyl (C=O) groups is 1. The minimum atomic E-state index is -0.0732. The van der Waals surface area contributed by atoms with Gasteiger partial charge in [-0.25, -0.2) is 0 Å². The molecule has 25 heavy (non-hydrogen) atoms. The first-order chi connectivity index (χ1) is 12.1. The summed E-state index contributed by atoms with van der Waals surface area (Å²) in [6.45, 7) is 8.14. The lowest BCUT2D eigenvalue weighted by Crippen LogP contribution is -2.49. The lowest BCUT2D eigenvalue weighted by atomic mass is 9.79. The predicted molar refractivity (Wildman–Crippen MR) is 102 cm³/mol. The Morgan fingerprint density at radius 2 is 2.24 bits per heavy atom. The first-order valence-electron chi connectivity index (χ1n) is 9.47. The van der Waals surface area contributed by atoms with Crippen molar-refractivity contribution in [3.63, 3.8) is 0 Å². The van der Waals surface area contributed by atoms with Crippen LogP contribution >= 0.6 is 0 Å². The summed E-state index contributed by atoms with van der Waals surface area (Å²) in [4.78, 5) is 18.6. The summed E-state index contributed by atoms with van der Waals surface area (Å²) in [5, 5.41) is 4.50. The van der Waals surface area contributed by atoms with Gasteiger partial charge in [-0.15, -0.1) is 0 Å². The number of carbonyl (C=O) groups excluding carboxylic acids is 1. The van der Waals surface area contributed by atoms with E-state index >= 15 is 0 Å². The molecule has 0 bridgehead atoms. The second kappa shape index (κ2) is 6.34. The molecular weight excluding hydrogens is 310 g/mol. The Morgan fingerprint density at radius 1 is 1.40 bits per heavy atom. The molecule has 0 saturated heterocycles. The highest BCUT2D eigenvalue weighted by Gasteiger charge is 2.36. The van der Waals surface area contributed by atoms with Crippen LogP contribution in [-0.4, -0.2) is 41.0 Å². The van der Waals surface area contributed by atoms with E-state index in [0.29, 0.717) is 6.04 Å². The number of likely N-dealkylation sites (N-methyl/N-ethyl adjacent to an activating group) is 1. The molecule has 1 aliphatic heterocycles. The lowest BCUT2D eigenvalue weighted by molar-refractivity contribution is -0.125. The van der Waals surface area contributed by atoms with E-state index in [1.165, 1.54) is 27.6 Å². The van der Waals surface area contributed by atoms with Crippen LogP contribution in [0.15, 0.2) is 30.5 Å². The van der Waals surface area contributed by atoms with Gasteiger partial charge in [0.25, 0.3) is 0 Å². The van der Waals surface area contributed by atoms with Gasteiger partial charge in [-0.1, -0.05) is 32.1 Å². The molecule has 2 heterocycles. The van der Waals surface area contributed by atoms with Crippen molar-refractivity contribution in [3.8, 4) is 0 Å². The molecule has 4 rings (SSSR count). The molecule has 1 aliphatic carbocycles. The van der Waals surface area contributed by atoms with E-state index < -0.39 is 0 Å². The Labute approximate surface area is 149 Å². The second-order valence-electron chi connectivity index (χ2n) is 7.40. The largest absolute Gasteiger partial charge is 0.361 e. The number of H-pyrrole nitrogens is 1. The molecule has 0 fully saturated rings. The number of rotatable bonds is 4. The maximum absolute atomic E-state index is 12.8. The monoisotopic (exact) mass is 337 g/mol. The van der Waals surface area contributed by atoms with Gasteiger partial charge < -0.3 is 10.3 Å². The Kier molecular flexibility index (Phi) is 4.16. The summed E-state index contributed by atoms with van der Waals surface area (Å²) in [5.74, 6) is 0.0849.